The molecule has 23 heavy (non-hydrogen) atoms. The Hall–Kier alpha value is -0.670. The molecule has 0 saturated heterocycles. The molecule has 0 aromatic carbocycles. The third-order valence-electron chi connectivity index (χ3n) is 3.83. The van der Waals surface area contributed by atoms with Crippen LogP contribution in [0.2, 0.25) is 0 Å². The van der Waals surface area contributed by atoms with Crippen molar-refractivity contribution in [2.45, 2.75) is 70.6 Å². The fourth-order valence-electron chi connectivity index (χ4n) is 2.75. The zero-order valence-corrected chi connectivity index (χ0v) is 15.6. The maximum Gasteiger partial charge on any atom is 0.303 e. The van der Waals surface area contributed by atoms with Crippen LogP contribution in [0.1, 0.15) is 46.0 Å². The van der Waals surface area contributed by atoms with Gasteiger partial charge in [0.2, 0.25) is 0 Å². The van der Waals surface area contributed by atoms with Crippen molar-refractivity contribution >= 4 is 34.5 Å². The fourth-order valence-corrected chi connectivity index (χ4v) is 3.40. The molecule has 1 aliphatic heterocycles. The van der Waals surface area contributed by atoms with Gasteiger partial charge in [-0.3, -0.25) is 9.59 Å². The van der Waals surface area contributed by atoms with Crippen molar-refractivity contribution in [3.05, 3.63) is 9.66 Å². The van der Waals surface area contributed by atoms with Gasteiger partial charge in [0, 0.05) is 17.4 Å². The van der Waals surface area contributed by atoms with Crippen molar-refractivity contribution in [3.8, 4) is 0 Å². The van der Waals surface area contributed by atoms with Crippen molar-refractivity contribution in [2.75, 3.05) is 6.61 Å². The summed E-state index contributed by atoms with van der Waals surface area (Å²) in [6.07, 6.45) is 6.03. The largest absolute Gasteiger partial charge is 0.463 e. The summed E-state index contributed by atoms with van der Waals surface area (Å²) >= 11 is 2.14. The van der Waals surface area contributed by atoms with Gasteiger partial charge < -0.3 is 18.9 Å². The Morgan fingerprint density at radius 3 is 2.52 bits per heavy atom. The second kappa shape index (κ2) is 8.98. The minimum absolute atomic E-state index is 0.0260. The van der Waals surface area contributed by atoms with E-state index in [4.69, 9.17) is 18.9 Å². The van der Waals surface area contributed by atoms with E-state index < -0.39 is 30.4 Å². The van der Waals surface area contributed by atoms with Crippen LogP contribution in [-0.2, 0) is 28.5 Å². The topological polar surface area (TPSA) is 71.1 Å². The van der Waals surface area contributed by atoms with E-state index in [0.717, 1.165) is 16.4 Å². The van der Waals surface area contributed by atoms with Gasteiger partial charge in [0.1, 0.15) is 12.7 Å². The second-order valence-corrected chi connectivity index (χ2v) is 7.08. The number of rotatable bonds is 5. The molecule has 3 unspecified atom stereocenters. The molecule has 1 fully saturated rings. The van der Waals surface area contributed by atoms with E-state index in [1.165, 1.54) is 33.1 Å². The molecule has 130 valence electrons. The zero-order valence-electron chi connectivity index (χ0n) is 13.5. The Balaban J connectivity index is 2.02. The van der Waals surface area contributed by atoms with Gasteiger partial charge in [-0.25, -0.2) is 0 Å². The molecule has 0 amide bonds. The molecule has 1 heterocycles. The predicted molar refractivity (Wildman–Crippen MR) is 90.9 cm³/mol. The second-order valence-electron chi connectivity index (χ2n) is 5.83. The lowest BCUT2D eigenvalue weighted by molar-refractivity contribution is -0.213. The van der Waals surface area contributed by atoms with E-state index >= 15 is 0 Å². The van der Waals surface area contributed by atoms with E-state index in [2.05, 4.69) is 22.6 Å². The summed E-state index contributed by atoms with van der Waals surface area (Å²) in [5, 5.41) is 0. The van der Waals surface area contributed by atoms with Gasteiger partial charge in [-0.15, -0.1) is 0 Å². The Kier molecular flexibility index (Phi) is 7.29. The molecule has 1 saturated carbocycles. The highest BCUT2D eigenvalue weighted by Gasteiger charge is 2.35. The fraction of sp³-hybridized carbons (Fsp3) is 0.750. The minimum atomic E-state index is -0.579. The number of esters is 2. The molecule has 3 atom stereocenters. The summed E-state index contributed by atoms with van der Waals surface area (Å²) in [5.41, 5.74) is 0. The molecule has 2 rings (SSSR count). The van der Waals surface area contributed by atoms with E-state index in [1.807, 2.05) is 6.08 Å². The zero-order chi connectivity index (χ0) is 16.8. The normalized spacial score (nSPS) is 28.8. The lowest BCUT2D eigenvalue weighted by Crippen LogP contribution is -2.44. The van der Waals surface area contributed by atoms with E-state index in [1.54, 1.807) is 0 Å². The third-order valence-corrected chi connectivity index (χ3v) is 4.70. The van der Waals surface area contributed by atoms with Gasteiger partial charge in [-0.05, 0) is 41.5 Å². The van der Waals surface area contributed by atoms with E-state index in [-0.39, 0.29) is 12.7 Å². The number of carbonyl (C=O) groups is 2. The monoisotopic (exact) mass is 438 g/mol. The molecule has 7 heteroatoms. The van der Waals surface area contributed by atoms with Gasteiger partial charge in [0.15, 0.2) is 12.4 Å². The smallest absolute Gasteiger partial charge is 0.303 e. The minimum Gasteiger partial charge on any atom is -0.463 e. The molecule has 0 spiro atoms. The summed E-state index contributed by atoms with van der Waals surface area (Å²) in [4.78, 5) is 22.3. The Labute approximate surface area is 150 Å². The molecule has 1 aliphatic carbocycles. The highest BCUT2D eigenvalue weighted by molar-refractivity contribution is 14.1. The van der Waals surface area contributed by atoms with Crippen LogP contribution in [0.4, 0.5) is 0 Å². The van der Waals surface area contributed by atoms with Gasteiger partial charge in [-0.2, -0.15) is 0 Å². The van der Waals surface area contributed by atoms with E-state index in [9.17, 15) is 9.59 Å². The standard InChI is InChI=1S/C16H23IO6/c1-10(18)20-9-15-14(21-11(2)19)8-13(17)16(23-15)22-12-6-4-3-5-7-12/h8,12,14-16H,3-7,9H2,1-2H3. The summed E-state index contributed by atoms with van der Waals surface area (Å²) in [6.45, 7) is 2.70. The number of hydrogen-bond acceptors (Lipinski definition) is 6. The van der Waals surface area contributed by atoms with Crippen molar-refractivity contribution in [1.29, 1.82) is 0 Å². The van der Waals surface area contributed by atoms with Gasteiger partial charge in [0.25, 0.3) is 0 Å². The average molecular weight is 438 g/mol. The maximum absolute atomic E-state index is 11.3. The van der Waals surface area contributed by atoms with E-state index in [0.29, 0.717) is 0 Å². The number of halogens is 1. The van der Waals surface area contributed by atoms with Crippen LogP contribution in [0.5, 0.6) is 0 Å². The van der Waals surface area contributed by atoms with Crippen molar-refractivity contribution in [2.24, 2.45) is 0 Å². The molecule has 6 nitrogen and oxygen atoms in total. The molecular formula is C16H23IO6. The van der Waals surface area contributed by atoms with Crippen molar-refractivity contribution in [3.63, 3.8) is 0 Å². The number of carbonyl (C=O) groups excluding carboxylic acids is 2. The van der Waals surface area contributed by atoms with Crippen LogP contribution in [0.15, 0.2) is 9.66 Å². The Morgan fingerprint density at radius 2 is 1.91 bits per heavy atom. The number of hydrogen-bond donors (Lipinski definition) is 0. The van der Waals surface area contributed by atoms with Crippen LogP contribution in [0.3, 0.4) is 0 Å². The summed E-state index contributed by atoms with van der Waals surface area (Å²) in [6, 6.07) is 0. The Bertz CT molecular complexity index is 457. The lowest BCUT2D eigenvalue weighted by Gasteiger charge is -2.35. The first-order chi connectivity index (χ1) is 11.0. The first-order valence-electron chi connectivity index (χ1n) is 7.94. The SMILES string of the molecule is CC(=O)OCC1OC(OC2CCCCC2)C(I)=CC1OC(C)=O. The number of ether oxygens (including phenoxy) is 4. The highest BCUT2D eigenvalue weighted by Crippen LogP contribution is 2.31. The predicted octanol–water partition coefficient (Wildman–Crippen LogP) is 2.87. The molecule has 2 aliphatic rings. The summed E-state index contributed by atoms with van der Waals surface area (Å²) in [7, 11) is 0. The third kappa shape index (κ3) is 6.04. The van der Waals surface area contributed by atoms with Crippen molar-refractivity contribution < 1.29 is 28.5 Å². The summed E-state index contributed by atoms with van der Waals surface area (Å²) < 4.78 is 23.1. The van der Waals surface area contributed by atoms with Crippen LogP contribution in [-0.4, -0.2) is 43.1 Å². The molecular weight excluding hydrogens is 415 g/mol. The first kappa shape index (κ1) is 18.7. The average Bonchev–Trinajstić information content (AvgIpc) is 2.49. The molecule has 0 N–H and O–H groups in total. The Morgan fingerprint density at radius 1 is 1.22 bits per heavy atom. The molecule has 0 radical (unpaired) electrons. The lowest BCUT2D eigenvalue weighted by atomic mass is 9.98. The van der Waals surface area contributed by atoms with Crippen LogP contribution >= 0.6 is 22.6 Å². The van der Waals surface area contributed by atoms with Crippen LogP contribution in [0, 0.1) is 0 Å². The molecule has 0 bridgehead atoms. The van der Waals surface area contributed by atoms with Gasteiger partial charge >= 0.3 is 11.9 Å². The maximum atomic E-state index is 11.3. The molecule has 0 aromatic rings. The van der Waals surface area contributed by atoms with Crippen molar-refractivity contribution in [1.82, 2.24) is 0 Å². The van der Waals surface area contributed by atoms with Gasteiger partial charge in [-0.1, -0.05) is 19.3 Å². The van der Waals surface area contributed by atoms with Crippen LogP contribution < -0.4 is 0 Å². The highest BCUT2D eigenvalue weighted by atomic mass is 127. The quantitative estimate of drug-likeness (QED) is 0.486. The van der Waals surface area contributed by atoms with Crippen LogP contribution in [0.25, 0.3) is 0 Å². The summed E-state index contributed by atoms with van der Waals surface area (Å²) in [5.74, 6) is -0.803. The first-order valence-corrected chi connectivity index (χ1v) is 9.02. The van der Waals surface area contributed by atoms with Gasteiger partial charge in [0.05, 0.1) is 6.10 Å². The molecule has 0 aromatic heterocycles.